The molecule has 1 aromatic carbocycles. The molecule has 1 aromatic rings. The fourth-order valence-electron chi connectivity index (χ4n) is 5.57. The summed E-state index contributed by atoms with van der Waals surface area (Å²) < 4.78 is 0. The summed E-state index contributed by atoms with van der Waals surface area (Å²) >= 11 is 0. The molecule has 4 fully saturated rings. The van der Waals surface area contributed by atoms with Crippen molar-refractivity contribution in [2.45, 2.75) is 56.8 Å². The van der Waals surface area contributed by atoms with Crippen LogP contribution in [-0.4, -0.2) is 40.7 Å². The number of piperidine rings is 1. The van der Waals surface area contributed by atoms with Crippen molar-refractivity contribution >= 4 is 17.7 Å². The molecule has 142 valence electrons. The highest BCUT2D eigenvalue weighted by molar-refractivity contribution is 6.05. The average molecular weight is 368 g/mol. The van der Waals surface area contributed by atoms with Gasteiger partial charge in [0, 0.05) is 37.2 Å². The Kier molecular flexibility index (Phi) is 3.52. The SMILES string of the molecule is NC12CC(CNCc3cccc4c3C(=O)N(C3CCC(=O)NC3=O)C4)(C1)C2. The van der Waals surface area contributed by atoms with Gasteiger partial charge in [-0.05, 0) is 42.2 Å². The number of nitrogens with two attached hydrogens (primary N) is 1. The zero-order valence-electron chi connectivity index (χ0n) is 15.2. The summed E-state index contributed by atoms with van der Waals surface area (Å²) in [5, 5.41) is 5.85. The summed E-state index contributed by atoms with van der Waals surface area (Å²) in [6.45, 7) is 1.99. The topological polar surface area (TPSA) is 105 Å². The molecule has 3 amide bonds. The van der Waals surface area contributed by atoms with E-state index in [0.29, 0.717) is 30.5 Å². The molecule has 3 saturated carbocycles. The van der Waals surface area contributed by atoms with Crippen LogP contribution in [0.15, 0.2) is 18.2 Å². The van der Waals surface area contributed by atoms with Crippen LogP contribution < -0.4 is 16.4 Å². The van der Waals surface area contributed by atoms with Gasteiger partial charge >= 0.3 is 0 Å². The Morgan fingerprint density at radius 3 is 2.70 bits per heavy atom. The van der Waals surface area contributed by atoms with Crippen molar-refractivity contribution in [1.82, 2.24) is 15.5 Å². The largest absolute Gasteiger partial charge is 0.325 e. The van der Waals surface area contributed by atoms with Crippen LogP contribution in [0.4, 0.5) is 0 Å². The first-order chi connectivity index (χ1) is 12.9. The Hall–Kier alpha value is -2.25. The first-order valence-electron chi connectivity index (χ1n) is 9.63. The molecular formula is C20H24N4O3. The monoisotopic (exact) mass is 368 g/mol. The number of hydrogen-bond acceptors (Lipinski definition) is 5. The highest BCUT2D eigenvalue weighted by atomic mass is 16.2. The molecule has 3 aliphatic carbocycles. The van der Waals surface area contributed by atoms with Gasteiger partial charge in [-0.25, -0.2) is 0 Å². The molecule has 5 aliphatic rings. The number of carbonyl (C=O) groups is 3. The number of benzene rings is 1. The van der Waals surface area contributed by atoms with E-state index in [1.807, 2.05) is 18.2 Å². The standard InChI is InChI=1S/C20H24N4O3/c21-20-8-19(9-20,10-20)11-22-6-12-2-1-3-13-7-24(18(27)16(12)13)14-4-5-15(25)23-17(14)26/h1-3,14,22H,4-11,21H2,(H,23,25,26). The van der Waals surface area contributed by atoms with E-state index in [2.05, 4.69) is 10.6 Å². The molecule has 4 N–H and O–H groups in total. The van der Waals surface area contributed by atoms with Crippen LogP contribution in [0.1, 0.15) is 53.6 Å². The lowest BCUT2D eigenvalue weighted by Crippen LogP contribution is -2.74. The van der Waals surface area contributed by atoms with Crippen LogP contribution in [0.2, 0.25) is 0 Å². The maximum absolute atomic E-state index is 13.0. The van der Waals surface area contributed by atoms with Gasteiger partial charge < -0.3 is 16.0 Å². The first kappa shape index (κ1) is 16.9. The molecule has 0 radical (unpaired) electrons. The zero-order chi connectivity index (χ0) is 18.8. The lowest BCUT2D eigenvalue weighted by atomic mass is 9.40. The van der Waals surface area contributed by atoms with Crippen molar-refractivity contribution in [3.63, 3.8) is 0 Å². The van der Waals surface area contributed by atoms with E-state index in [0.717, 1.165) is 36.9 Å². The smallest absolute Gasteiger partial charge is 0.255 e. The van der Waals surface area contributed by atoms with E-state index in [-0.39, 0.29) is 29.7 Å². The van der Waals surface area contributed by atoms with Gasteiger partial charge in [0.2, 0.25) is 11.8 Å². The summed E-state index contributed by atoms with van der Waals surface area (Å²) in [5.74, 6) is -0.743. The number of carbonyl (C=O) groups excluding carboxylic acids is 3. The van der Waals surface area contributed by atoms with E-state index in [1.54, 1.807) is 4.90 Å². The third-order valence-electron chi connectivity index (χ3n) is 6.64. The van der Waals surface area contributed by atoms with Crippen molar-refractivity contribution in [2.24, 2.45) is 11.1 Å². The second kappa shape index (κ2) is 5.62. The average Bonchev–Trinajstić information content (AvgIpc) is 2.90. The van der Waals surface area contributed by atoms with Gasteiger partial charge in [0.25, 0.3) is 5.91 Å². The second-order valence-electron chi connectivity index (χ2n) is 8.85. The minimum absolute atomic E-state index is 0.105. The lowest BCUT2D eigenvalue weighted by molar-refractivity contribution is -0.136. The number of amides is 3. The molecule has 0 spiro atoms. The van der Waals surface area contributed by atoms with Gasteiger partial charge in [-0.15, -0.1) is 0 Å². The predicted molar refractivity (Wildman–Crippen MR) is 97.4 cm³/mol. The minimum atomic E-state index is -0.565. The third-order valence-corrected chi connectivity index (χ3v) is 6.64. The van der Waals surface area contributed by atoms with Gasteiger partial charge in [0.05, 0.1) is 0 Å². The molecule has 0 aromatic heterocycles. The van der Waals surface area contributed by atoms with Crippen LogP contribution in [0.3, 0.4) is 0 Å². The Labute approximate surface area is 157 Å². The van der Waals surface area contributed by atoms with E-state index in [9.17, 15) is 14.4 Å². The molecular weight excluding hydrogens is 344 g/mol. The van der Waals surface area contributed by atoms with Gasteiger partial charge in [-0.2, -0.15) is 0 Å². The van der Waals surface area contributed by atoms with Crippen molar-refractivity contribution in [2.75, 3.05) is 6.54 Å². The van der Waals surface area contributed by atoms with Crippen molar-refractivity contribution in [1.29, 1.82) is 0 Å². The molecule has 27 heavy (non-hydrogen) atoms. The van der Waals surface area contributed by atoms with Gasteiger partial charge in [0.15, 0.2) is 0 Å². The Bertz CT molecular complexity index is 845. The number of fused-ring (bicyclic) bond motifs is 1. The highest BCUT2D eigenvalue weighted by Gasteiger charge is 2.65. The van der Waals surface area contributed by atoms with Crippen LogP contribution in [0.5, 0.6) is 0 Å². The van der Waals surface area contributed by atoms with Crippen LogP contribution >= 0.6 is 0 Å². The molecule has 7 nitrogen and oxygen atoms in total. The molecule has 2 bridgehead atoms. The Morgan fingerprint density at radius 2 is 2.00 bits per heavy atom. The highest BCUT2D eigenvalue weighted by Crippen LogP contribution is 2.65. The summed E-state index contributed by atoms with van der Waals surface area (Å²) in [6.07, 6.45) is 3.96. The lowest BCUT2D eigenvalue weighted by Gasteiger charge is -2.69. The number of nitrogens with one attached hydrogen (secondary N) is 2. The van der Waals surface area contributed by atoms with E-state index in [4.69, 9.17) is 5.73 Å². The van der Waals surface area contributed by atoms with Crippen molar-refractivity contribution < 1.29 is 14.4 Å². The van der Waals surface area contributed by atoms with Gasteiger partial charge in [0.1, 0.15) is 6.04 Å². The second-order valence-corrected chi connectivity index (χ2v) is 8.85. The van der Waals surface area contributed by atoms with E-state index >= 15 is 0 Å². The van der Waals surface area contributed by atoms with Crippen LogP contribution in [-0.2, 0) is 22.7 Å². The Balaban J connectivity index is 1.28. The fraction of sp³-hybridized carbons (Fsp3) is 0.550. The predicted octanol–water partition coefficient (Wildman–Crippen LogP) is 0.419. The number of imide groups is 1. The van der Waals surface area contributed by atoms with Gasteiger partial charge in [-0.1, -0.05) is 18.2 Å². The van der Waals surface area contributed by atoms with Crippen LogP contribution in [0, 0.1) is 5.41 Å². The summed E-state index contributed by atoms with van der Waals surface area (Å²) in [6, 6.07) is 5.32. The number of rotatable bonds is 5. The molecule has 7 heteroatoms. The van der Waals surface area contributed by atoms with Crippen LogP contribution in [0.25, 0.3) is 0 Å². The van der Waals surface area contributed by atoms with E-state index < -0.39 is 6.04 Å². The fourth-order valence-corrected chi connectivity index (χ4v) is 5.57. The summed E-state index contributed by atoms with van der Waals surface area (Å²) in [7, 11) is 0. The zero-order valence-corrected chi connectivity index (χ0v) is 15.2. The molecule has 6 rings (SSSR count). The summed E-state index contributed by atoms with van der Waals surface area (Å²) in [4.78, 5) is 38.2. The third kappa shape index (κ3) is 2.60. The molecule has 2 heterocycles. The van der Waals surface area contributed by atoms with Crippen molar-refractivity contribution in [3.8, 4) is 0 Å². The normalized spacial score (nSPS) is 34.0. The molecule has 2 aliphatic heterocycles. The van der Waals surface area contributed by atoms with E-state index in [1.165, 1.54) is 0 Å². The quantitative estimate of drug-likeness (QED) is 0.654. The Morgan fingerprint density at radius 1 is 1.22 bits per heavy atom. The number of nitrogens with zero attached hydrogens (tertiary/aromatic N) is 1. The first-order valence-corrected chi connectivity index (χ1v) is 9.63. The maximum Gasteiger partial charge on any atom is 0.255 e. The van der Waals surface area contributed by atoms with Gasteiger partial charge in [-0.3, -0.25) is 19.7 Å². The maximum atomic E-state index is 13.0. The minimum Gasteiger partial charge on any atom is -0.325 e. The summed E-state index contributed by atoms with van der Waals surface area (Å²) in [5.41, 5.74) is 9.24. The molecule has 1 saturated heterocycles. The van der Waals surface area contributed by atoms with Crippen molar-refractivity contribution in [3.05, 3.63) is 34.9 Å². The molecule has 1 unspecified atom stereocenters. The molecule has 1 atom stereocenters. The number of hydrogen-bond donors (Lipinski definition) is 3.